The Bertz CT molecular complexity index is 364. The van der Waals surface area contributed by atoms with Crippen molar-refractivity contribution >= 4 is 9.84 Å². The summed E-state index contributed by atoms with van der Waals surface area (Å²) in [6, 6.07) is 0. The second kappa shape index (κ2) is 7.07. The van der Waals surface area contributed by atoms with Crippen LogP contribution >= 0.6 is 0 Å². The lowest BCUT2D eigenvalue weighted by atomic mass is 9.78. The summed E-state index contributed by atoms with van der Waals surface area (Å²) in [5.74, 6) is 2.01. The minimum absolute atomic E-state index is 0.0116. The van der Waals surface area contributed by atoms with Crippen molar-refractivity contribution < 1.29 is 8.42 Å². The van der Waals surface area contributed by atoms with E-state index < -0.39 is 9.84 Å². The van der Waals surface area contributed by atoms with Gasteiger partial charge in [-0.15, -0.1) is 0 Å². The van der Waals surface area contributed by atoms with Crippen molar-refractivity contribution in [3.05, 3.63) is 0 Å². The molecule has 0 aromatic rings. The highest BCUT2D eigenvalue weighted by atomic mass is 32.2. The standard InChI is InChI=1S/C15H31NO2S/c1-5-6-14(4)9-15(11-16-10-13(2)3)7-8-19(17,18)12-15/h13-14,16H,5-12H2,1-4H3. The maximum atomic E-state index is 11.9. The lowest BCUT2D eigenvalue weighted by Gasteiger charge is -2.31. The van der Waals surface area contributed by atoms with Crippen LogP contribution in [-0.2, 0) is 9.84 Å². The van der Waals surface area contributed by atoms with Gasteiger partial charge in [0, 0.05) is 6.54 Å². The Balaban J connectivity index is 2.63. The summed E-state index contributed by atoms with van der Waals surface area (Å²) in [6.45, 7) is 10.7. The fourth-order valence-electron chi connectivity index (χ4n) is 3.32. The summed E-state index contributed by atoms with van der Waals surface area (Å²) in [5, 5.41) is 3.49. The van der Waals surface area contributed by atoms with E-state index in [1.165, 1.54) is 12.8 Å². The van der Waals surface area contributed by atoms with E-state index in [4.69, 9.17) is 0 Å². The summed E-state index contributed by atoms with van der Waals surface area (Å²) < 4.78 is 23.7. The molecule has 1 saturated heterocycles. The van der Waals surface area contributed by atoms with Gasteiger partial charge in [-0.05, 0) is 36.6 Å². The van der Waals surface area contributed by atoms with E-state index in [-0.39, 0.29) is 5.41 Å². The van der Waals surface area contributed by atoms with Crippen LogP contribution in [0.4, 0.5) is 0 Å². The largest absolute Gasteiger partial charge is 0.316 e. The Labute approximate surface area is 119 Å². The predicted octanol–water partition coefficient (Wildman–Crippen LogP) is 2.86. The van der Waals surface area contributed by atoms with Crippen molar-refractivity contribution in [2.45, 2.75) is 53.4 Å². The summed E-state index contributed by atoms with van der Waals surface area (Å²) >= 11 is 0. The molecule has 0 saturated carbocycles. The third-order valence-electron chi connectivity index (χ3n) is 4.09. The average Bonchev–Trinajstić information content (AvgIpc) is 2.54. The molecule has 1 fully saturated rings. The van der Waals surface area contributed by atoms with E-state index in [9.17, 15) is 8.42 Å². The molecular weight excluding hydrogens is 258 g/mol. The zero-order valence-corrected chi connectivity index (χ0v) is 13.9. The Kier molecular flexibility index (Phi) is 6.31. The molecule has 0 spiro atoms. The number of nitrogens with one attached hydrogen (secondary N) is 1. The number of rotatable bonds is 8. The summed E-state index contributed by atoms with van der Waals surface area (Å²) in [7, 11) is -2.81. The normalized spacial score (nSPS) is 27.8. The van der Waals surface area contributed by atoms with Crippen molar-refractivity contribution in [3.63, 3.8) is 0 Å². The van der Waals surface area contributed by atoms with Gasteiger partial charge in [-0.1, -0.05) is 40.5 Å². The van der Waals surface area contributed by atoms with Crippen LogP contribution in [0, 0.1) is 17.3 Å². The molecule has 2 atom stereocenters. The fourth-order valence-corrected chi connectivity index (χ4v) is 5.50. The lowest BCUT2D eigenvalue weighted by molar-refractivity contribution is 0.234. The van der Waals surface area contributed by atoms with Crippen molar-refractivity contribution in [2.24, 2.45) is 17.3 Å². The van der Waals surface area contributed by atoms with Crippen LogP contribution in [0.3, 0.4) is 0 Å². The summed E-state index contributed by atoms with van der Waals surface area (Å²) in [4.78, 5) is 0. The van der Waals surface area contributed by atoms with E-state index in [1.54, 1.807) is 0 Å². The molecule has 3 nitrogen and oxygen atoms in total. The molecule has 0 radical (unpaired) electrons. The average molecular weight is 289 g/mol. The maximum absolute atomic E-state index is 11.9. The van der Waals surface area contributed by atoms with E-state index in [0.29, 0.717) is 23.3 Å². The Morgan fingerprint density at radius 1 is 1.26 bits per heavy atom. The molecule has 1 N–H and O–H groups in total. The quantitative estimate of drug-likeness (QED) is 0.747. The third-order valence-corrected chi connectivity index (χ3v) is 5.96. The van der Waals surface area contributed by atoms with Gasteiger partial charge < -0.3 is 5.32 Å². The SMILES string of the molecule is CCCC(C)CC1(CNCC(C)C)CCS(=O)(=O)C1. The monoisotopic (exact) mass is 289 g/mol. The second-order valence-electron chi connectivity index (χ2n) is 6.96. The van der Waals surface area contributed by atoms with Crippen molar-refractivity contribution in [2.75, 3.05) is 24.6 Å². The first-order chi connectivity index (χ1) is 8.79. The lowest BCUT2D eigenvalue weighted by Crippen LogP contribution is -2.38. The first-order valence-corrected chi connectivity index (χ1v) is 9.52. The molecule has 1 aliphatic rings. The number of hydrogen-bond donors (Lipinski definition) is 1. The van der Waals surface area contributed by atoms with Gasteiger partial charge in [0.05, 0.1) is 11.5 Å². The van der Waals surface area contributed by atoms with Crippen LogP contribution in [-0.4, -0.2) is 33.0 Å². The van der Waals surface area contributed by atoms with Gasteiger partial charge >= 0.3 is 0 Å². The van der Waals surface area contributed by atoms with Crippen molar-refractivity contribution in [3.8, 4) is 0 Å². The molecule has 1 heterocycles. The Hall–Kier alpha value is -0.0900. The molecule has 1 aliphatic heterocycles. The van der Waals surface area contributed by atoms with Gasteiger partial charge in [-0.3, -0.25) is 0 Å². The van der Waals surface area contributed by atoms with E-state index in [1.807, 2.05) is 0 Å². The van der Waals surface area contributed by atoms with E-state index in [0.717, 1.165) is 25.9 Å². The molecule has 0 bridgehead atoms. The molecule has 2 unspecified atom stereocenters. The smallest absolute Gasteiger partial charge is 0.150 e. The van der Waals surface area contributed by atoms with Gasteiger partial charge in [0.1, 0.15) is 0 Å². The highest BCUT2D eigenvalue weighted by molar-refractivity contribution is 7.91. The highest BCUT2D eigenvalue weighted by Crippen LogP contribution is 2.38. The second-order valence-corrected chi connectivity index (χ2v) is 9.15. The molecule has 0 amide bonds. The van der Waals surface area contributed by atoms with Crippen LogP contribution in [0.15, 0.2) is 0 Å². The minimum atomic E-state index is -2.81. The Morgan fingerprint density at radius 2 is 1.95 bits per heavy atom. The van der Waals surface area contributed by atoms with Crippen LogP contribution in [0.5, 0.6) is 0 Å². The summed E-state index contributed by atoms with van der Waals surface area (Å²) in [6.07, 6.45) is 4.27. The van der Waals surface area contributed by atoms with Gasteiger partial charge in [-0.2, -0.15) is 0 Å². The molecule has 1 rings (SSSR count). The first-order valence-electron chi connectivity index (χ1n) is 7.70. The van der Waals surface area contributed by atoms with Crippen molar-refractivity contribution in [1.82, 2.24) is 5.32 Å². The molecule has 19 heavy (non-hydrogen) atoms. The fraction of sp³-hybridized carbons (Fsp3) is 1.00. The van der Waals surface area contributed by atoms with Crippen LogP contribution in [0.2, 0.25) is 0 Å². The van der Waals surface area contributed by atoms with Crippen molar-refractivity contribution in [1.29, 1.82) is 0 Å². The molecule has 114 valence electrons. The van der Waals surface area contributed by atoms with Gasteiger partial charge in [0.15, 0.2) is 9.84 Å². The molecule has 4 heteroatoms. The molecule has 0 aliphatic carbocycles. The van der Waals surface area contributed by atoms with Gasteiger partial charge in [0.2, 0.25) is 0 Å². The third kappa shape index (κ3) is 5.82. The van der Waals surface area contributed by atoms with Crippen LogP contribution < -0.4 is 5.32 Å². The van der Waals surface area contributed by atoms with Crippen LogP contribution in [0.25, 0.3) is 0 Å². The summed E-state index contributed by atoms with van der Waals surface area (Å²) in [5.41, 5.74) is -0.0116. The van der Waals surface area contributed by atoms with Gasteiger partial charge in [-0.25, -0.2) is 8.42 Å². The zero-order chi connectivity index (χ0) is 14.5. The maximum Gasteiger partial charge on any atom is 0.150 e. The first kappa shape index (κ1) is 17.0. The van der Waals surface area contributed by atoms with E-state index >= 15 is 0 Å². The predicted molar refractivity (Wildman–Crippen MR) is 82.1 cm³/mol. The highest BCUT2D eigenvalue weighted by Gasteiger charge is 2.42. The van der Waals surface area contributed by atoms with Crippen LogP contribution in [0.1, 0.15) is 53.4 Å². The Morgan fingerprint density at radius 3 is 2.42 bits per heavy atom. The topological polar surface area (TPSA) is 46.2 Å². The molecule has 0 aromatic heterocycles. The van der Waals surface area contributed by atoms with Gasteiger partial charge in [0.25, 0.3) is 0 Å². The molecule has 0 aromatic carbocycles. The minimum Gasteiger partial charge on any atom is -0.316 e. The van der Waals surface area contributed by atoms with E-state index in [2.05, 4.69) is 33.0 Å². The number of hydrogen-bond acceptors (Lipinski definition) is 3. The number of sulfone groups is 1. The zero-order valence-electron chi connectivity index (χ0n) is 13.0. The molecular formula is C15H31NO2S.